The minimum absolute atomic E-state index is 0.0599. The third-order valence-corrected chi connectivity index (χ3v) is 6.60. The van der Waals surface area contributed by atoms with Crippen molar-refractivity contribution < 1.29 is 14.7 Å². The van der Waals surface area contributed by atoms with Gasteiger partial charge in [-0.2, -0.15) is 0 Å². The Kier molecular flexibility index (Phi) is 4.48. The lowest BCUT2D eigenvalue weighted by atomic mass is 10.1. The molecule has 1 amide bonds. The molecule has 0 saturated heterocycles. The summed E-state index contributed by atoms with van der Waals surface area (Å²) in [7, 11) is 0. The molecule has 5 rings (SSSR count). The van der Waals surface area contributed by atoms with Gasteiger partial charge in [-0.05, 0) is 55.1 Å². The summed E-state index contributed by atoms with van der Waals surface area (Å²) in [6, 6.07) is 9.14. The van der Waals surface area contributed by atoms with Crippen LogP contribution < -0.4 is 10.6 Å². The van der Waals surface area contributed by atoms with Crippen LogP contribution in [0.15, 0.2) is 36.5 Å². The fraction of sp³-hybridized carbons (Fsp3) is 0.182. The Bertz CT molecular complexity index is 1370. The molecule has 9 heteroatoms. The zero-order chi connectivity index (χ0) is 21.7. The number of fused-ring (bicyclic) bond motifs is 2. The SMILES string of the molecule is Cc1c(-c2ccnc(Nc3ccc4sc(C(=O)O)cc4c3)n2)c(C)n2c1C(=O)NCC2. The highest BCUT2D eigenvalue weighted by atomic mass is 32.1. The third kappa shape index (κ3) is 3.23. The largest absolute Gasteiger partial charge is 0.477 e. The zero-order valence-electron chi connectivity index (χ0n) is 16.9. The number of aromatic nitrogens is 3. The molecule has 0 saturated carbocycles. The summed E-state index contributed by atoms with van der Waals surface area (Å²) < 4.78 is 2.95. The molecule has 3 N–H and O–H groups in total. The first-order valence-electron chi connectivity index (χ1n) is 9.77. The summed E-state index contributed by atoms with van der Waals surface area (Å²) in [4.78, 5) is 32.9. The predicted molar refractivity (Wildman–Crippen MR) is 119 cm³/mol. The Morgan fingerprint density at radius 2 is 2.10 bits per heavy atom. The van der Waals surface area contributed by atoms with Crippen molar-refractivity contribution in [1.29, 1.82) is 0 Å². The molecule has 0 bridgehead atoms. The van der Waals surface area contributed by atoms with Gasteiger partial charge < -0.3 is 20.3 Å². The molecule has 31 heavy (non-hydrogen) atoms. The number of thiophene rings is 1. The van der Waals surface area contributed by atoms with Crippen LogP contribution in [0.5, 0.6) is 0 Å². The summed E-state index contributed by atoms with van der Waals surface area (Å²) in [6.07, 6.45) is 1.69. The van der Waals surface area contributed by atoms with Crippen molar-refractivity contribution >= 4 is 44.9 Å². The first-order valence-corrected chi connectivity index (χ1v) is 10.6. The number of nitrogens with one attached hydrogen (secondary N) is 2. The maximum atomic E-state index is 12.3. The van der Waals surface area contributed by atoms with E-state index in [9.17, 15) is 14.7 Å². The summed E-state index contributed by atoms with van der Waals surface area (Å²) in [6.45, 7) is 5.30. The molecule has 4 heterocycles. The minimum Gasteiger partial charge on any atom is -0.477 e. The van der Waals surface area contributed by atoms with E-state index in [-0.39, 0.29) is 5.91 Å². The summed E-state index contributed by atoms with van der Waals surface area (Å²) in [5, 5.41) is 16.1. The standard InChI is InChI=1S/C22H19N5O3S/c1-11-18(12(2)27-8-7-23-20(28)19(11)27)15-5-6-24-22(26-15)25-14-3-4-16-13(9-14)10-17(31-16)21(29)30/h3-6,9-10H,7-8H2,1-2H3,(H,23,28)(H,29,30)(H,24,25,26). The van der Waals surface area contributed by atoms with Crippen LogP contribution in [0.1, 0.15) is 31.4 Å². The second kappa shape index (κ2) is 7.21. The van der Waals surface area contributed by atoms with Crippen molar-refractivity contribution in [2.24, 2.45) is 0 Å². The smallest absolute Gasteiger partial charge is 0.345 e. The fourth-order valence-corrected chi connectivity index (χ4v) is 5.01. The quantitative estimate of drug-likeness (QED) is 0.449. The van der Waals surface area contributed by atoms with E-state index in [0.717, 1.165) is 44.8 Å². The van der Waals surface area contributed by atoms with Crippen molar-refractivity contribution in [1.82, 2.24) is 19.9 Å². The highest BCUT2D eigenvalue weighted by molar-refractivity contribution is 7.20. The molecule has 8 nitrogen and oxygen atoms in total. The average Bonchev–Trinajstić information content (AvgIpc) is 3.28. The second-order valence-corrected chi connectivity index (χ2v) is 8.48. The van der Waals surface area contributed by atoms with Crippen molar-refractivity contribution in [3.8, 4) is 11.3 Å². The Balaban J connectivity index is 1.50. The number of carboxylic acids is 1. The van der Waals surface area contributed by atoms with Gasteiger partial charge in [0.25, 0.3) is 5.91 Å². The van der Waals surface area contributed by atoms with E-state index >= 15 is 0 Å². The van der Waals surface area contributed by atoms with Crippen LogP contribution in [0.2, 0.25) is 0 Å². The van der Waals surface area contributed by atoms with Gasteiger partial charge >= 0.3 is 5.97 Å². The van der Waals surface area contributed by atoms with Gasteiger partial charge in [-0.3, -0.25) is 4.79 Å². The minimum atomic E-state index is -0.929. The number of benzene rings is 1. The van der Waals surface area contributed by atoms with Gasteiger partial charge in [0.2, 0.25) is 5.95 Å². The maximum absolute atomic E-state index is 12.3. The van der Waals surface area contributed by atoms with Crippen LogP contribution in [-0.4, -0.2) is 38.1 Å². The summed E-state index contributed by atoms with van der Waals surface area (Å²) in [5.74, 6) is -0.560. The number of amides is 1. The van der Waals surface area contributed by atoms with E-state index in [4.69, 9.17) is 0 Å². The topological polar surface area (TPSA) is 109 Å². The molecule has 1 aromatic carbocycles. The predicted octanol–water partition coefficient (Wildman–Crippen LogP) is 3.96. The maximum Gasteiger partial charge on any atom is 0.345 e. The second-order valence-electron chi connectivity index (χ2n) is 7.40. The third-order valence-electron chi connectivity index (χ3n) is 5.50. The normalized spacial score (nSPS) is 13.2. The number of rotatable bonds is 4. The Morgan fingerprint density at radius 1 is 1.26 bits per heavy atom. The van der Waals surface area contributed by atoms with Crippen molar-refractivity contribution in [2.45, 2.75) is 20.4 Å². The number of carbonyl (C=O) groups excluding carboxylic acids is 1. The molecule has 3 aromatic heterocycles. The van der Waals surface area contributed by atoms with Crippen LogP contribution in [0.25, 0.3) is 21.3 Å². The molecule has 4 aromatic rings. The van der Waals surface area contributed by atoms with E-state index in [1.807, 2.05) is 42.7 Å². The highest BCUT2D eigenvalue weighted by Gasteiger charge is 2.26. The molecule has 0 fully saturated rings. The van der Waals surface area contributed by atoms with Crippen LogP contribution in [0.4, 0.5) is 11.6 Å². The van der Waals surface area contributed by atoms with Crippen LogP contribution in [-0.2, 0) is 6.54 Å². The van der Waals surface area contributed by atoms with Gasteiger partial charge in [-0.25, -0.2) is 14.8 Å². The molecule has 0 atom stereocenters. The van der Waals surface area contributed by atoms with Crippen molar-refractivity contribution in [3.05, 3.63) is 58.4 Å². The number of aromatic carboxylic acids is 1. The van der Waals surface area contributed by atoms with Gasteiger partial charge in [0.15, 0.2) is 0 Å². The number of nitrogens with zero attached hydrogens (tertiary/aromatic N) is 3. The molecule has 0 aliphatic carbocycles. The fourth-order valence-electron chi connectivity index (χ4n) is 4.12. The van der Waals surface area contributed by atoms with Gasteiger partial charge in [0.1, 0.15) is 10.6 Å². The van der Waals surface area contributed by atoms with Gasteiger partial charge in [0, 0.05) is 40.9 Å². The molecule has 0 spiro atoms. The number of hydrogen-bond acceptors (Lipinski definition) is 6. The van der Waals surface area contributed by atoms with Gasteiger partial charge in [-0.1, -0.05) is 0 Å². The highest BCUT2D eigenvalue weighted by Crippen LogP contribution is 2.33. The zero-order valence-corrected chi connectivity index (χ0v) is 17.7. The van der Waals surface area contributed by atoms with E-state index in [1.54, 1.807) is 12.3 Å². The summed E-state index contributed by atoms with van der Waals surface area (Å²) in [5.41, 5.74) is 5.05. The Morgan fingerprint density at radius 3 is 2.87 bits per heavy atom. The number of hydrogen-bond donors (Lipinski definition) is 3. The van der Waals surface area contributed by atoms with E-state index in [1.165, 1.54) is 11.3 Å². The van der Waals surface area contributed by atoms with E-state index in [2.05, 4.69) is 20.6 Å². The van der Waals surface area contributed by atoms with Crippen LogP contribution in [0.3, 0.4) is 0 Å². The van der Waals surface area contributed by atoms with Crippen molar-refractivity contribution in [2.75, 3.05) is 11.9 Å². The Labute approximate surface area is 181 Å². The lowest BCUT2D eigenvalue weighted by Gasteiger charge is -2.17. The molecule has 0 unspecified atom stereocenters. The number of carbonyl (C=O) groups is 2. The molecular formula is C22H19N5O3S. The van der Waals surface area contributed by atoms with Crippen molar-refractivity contribution in [3.63, 3.8) is 0 Å². The molecule has 1 aliphatic rings. The molecule has 0 radical (unpaired) electrons. The number of carboxylic acid groups (broad SMARTS) is 1. The van der Waals surface area contributed by atoms with E-state index in [0.29, 0.717) is 23.1 Å². The van der Waals surface area contributed by atoms with Gasteiger partial charge in [-0.15, -0.1) is 11.3 Å². The lowest BCUT2D eigenvalue weighted by Crippen LogP contribution is -2.35. The first kappa shape index (κ1) is 19.3. The molecule has 1 aliphatic heterocycles. The Hall–Kier alpha value is -3.72. The number of anilines is 2. The lowest BCUT2D eigenvalue weighted by molar-refractivity contribution is 0.0702. The van der Waals surface area contributed by atoms with Gasteiger partial charge in [0.05, 0.1) is 5.69 Å². The van der Waals surface area contributed by atoms with Crippen LogP contribution >= 0.6 is 11.3 Å². The molecule has 156 valence electrons. The monoisotopic (exact) mass is 433 g/mol. The van der Waals surface area contributed by atoms with Crippen LogP contribution in [0, 0.1) is 13.8 Å². The molecular weight excluding hydrogens is 414 g/mol. The average molecular weight is 433 g/mol. The summed E-state index contributed by atoms with van der Waals surface area (Å²) >= 11 is 1.24. The van der Waals surface area contributed by atoms with E-state index < -0.39 is 5.97 Å². The first-order chi connectivity index (χ1) is 14.9.